The lowest BCUT2D eigenvalue weighted by Gasteiger charge is -2.19. The van der Waals surface area contributed by atoms with Gasteiger partial charge < -0.3 is 5.32 Å². The summed E-state index contributed by atoms with van der Waals surface area (Å²) in [5, 5.41) is 4.37. The fourth-order valence-corrected chi connectivity index (χ4v) is 2.12. The Bertz CT molecular complexity index is 367. The lowest BCUT2D eigenvalue weighted by atomic mass is 10.0. The molecule has 1 aromatic rings. The van der Waals surface area contributed by atoms with Crippen molar-refractivity contribution in [3.05, 3.63) is 34.9 Å². The Morgan fingerprint density at radius 3 is 2.82 bits per heavy atom. The summed E-state index contributed by atoms with van der Waals surface area (Å²) in [7, 11) is 0. The van der Waals surface area contributed by atoms with Gasteiger partial charge in [0, 0.05) is 17.5 Å². The van der Waals surface area contributed by atoms with Gasteiger partial charge in [-0.05, 0) is 37.4 Å². The van der Waals surface area contributed by atoms with E-state index in [-0.39, 0.29) is 0 Å². The van der Waals surface area contributed by atoms with E-state index in [2.05, 4.69) is 24.2 Å². The number of nitrogens with one attached hydrogen (secondary N) is 1. The molecular weight excluding hydrogens is 230 g/mol. The quantitative estimate of drug-likeness (QED) is 0.565. The van der Waals surface area contributed by atoms with Gasteiger partial charge in [-0.3, -0.25) is 0 Å². The maximum atomic E-state index is 6.23. The van der Waals surface area contributed by atoms with Crippen LogP contribution in [-0.2, 0) is 0 Å². The van der Waals surface area contributed by atoms with E-state index >= 15 is 0 Å². The maximum Gasteiger partial charge on any atom is 0.0453 e. The van der Waals surface area contributed by atoms with Crippen molar-refractivity contribution >= 4 is 11.6 Å². The summed E-state index contributed by atoms with van der Waals surface area (Å²) in [6.07, 6.45) is 9.30. The van der Waals surface area contributed by atoms with Gasteiger partial charge in [0.1, 0.15) is 0 Å². The molecule has 17 heavy (non-hydrogen) atoms. The molecule has 0 radical (unpaired) electrons. The highest BCUT2D eigenvalue weighted by atomic mass is 35.5. The van der Waals surface area contributed by atoms with Gasteiger partial charge in [0.25, 0.3) is 0 Å². The predicted octanol–water partition coefficient (Wildman–Crippen LogP) is 4.18. The van der Waals surface area contributed by atoms with Gasteiger partial charge >= 0.3 is 0 Å². The Kier molecular flexibility index (Phi) is 6.77. The lowest BCUT2D eigenvalue weighted by molar-refractivity contribution is 0.487. The lowest BCUT2D eigenvalue weighted by Crippen LogP contribution is -2.22. The van der Waals surface area contributed by atoms with Crippen LogP contribution in [-0.4, -0.2) is 6.54 Å². The van der Waals surface area contributed by atoms with Crippen LogP contribution in [0.15, 0.2) is 24.3 Å². The van der Waals surface area contributed by atoms with E-state index in [1.165, 1.54) is 5.56 Å². The van der Waals surface area contributed by atoms with Crippen molar-refractivity contribution in [3.8, 4) is 12.3 Å². The molecule has 0 fully saturated rings. The molecule has 92 valence electrons. The molecule has 0 spiro atoms. The standard InChI is InChI=1S/C15H20ClN/c1-3-5-6-11-15(17-12-4-2)13-9-7-8-10-14(13)16/h1,7-10,15,17H,4-6,11-12H2,2H3. The molecule has 0 aliphatic carbocycles. The van der Waals surface area contributed by atoms with Crippen molar-refractivity contribution in [1.29, 1.82) is 0 Å². The van der Waals surface area contributed by atoms with Gasteiger partial charge in [-0.25, -0.2) is 0 Å². The molecule has 0 aliphatic heterocycles. The number of terminal acetylenes is 1. The average molecular weight is 250 g/mol. The summed E-state index contributed by atoms with van der Waals surface area (Å²) in [4.78, 5) is 0. The molecule has 1 rings (SSSR count). The van der Waals surface area contributed by atoms with Crippen LogP contribution < -0.4 is 5.32 Å². The van der Waals surface area contributed by atoms with E-state index < -0.39 is 0 Å². The maximum absolute atomic E-state index is 6.23. The summed E-state index contributed by atoms with van der Waals surface area (Å²) in [6, 6.07) is 8.34. The van der Waals surface area contributed by atoms with E-state index in [4.69, 9.17) is 18.0 Å². The minimum absolute atomic E-state index is 0.317. The SMILES string of the molecule is C#CCCCC(NCCC)c1ccccc1Cl. The van der Waals surface area contributed by atoms with Gasteiger partial charge in [0.05, 0.1) is 0 Å². The molecule has 0 saturated heterocycles. The summed E-state index contributed by atoms with van der Waals surface area (Å²) in [6.45, 7) is 3.17. The number of benzene rings is 1. The summed E-state index contributed by atoms with van der Waals surface area (Å²) >= 11 is 6.23. The average Bonchev–Trinajstić information content (AvgIpc) is 2.35. The summed E-state index contributed by atoms with van der Waals surface area (Å²) < 4.78 is 0. The zero-order valence-corrected chi connectivity index (χ0v) is 11.1. The molecule has 1 aromatic carbocycles. The third-order valence-corrected chi connectivity index (χ3v) is 3.08. The fraction of sp³-hybridized carbons (Fsp3) is 0.467. The molecule has 1 nitrogen and oxygen atoms in total. The Hall–Kier alpha value is -0.970. The molecule has 0 aromatic heterocycles. The van der Waals surface area contributed by atoms with Crippen LogP contribution in [0.4, 0.5) is 0 Å². The number of rotatable bonds is 7. The normalized spacial score (nSPS) is 12.1. The van der Waals surface area contributed by atoms with E-state index in [1.54, 1.807) is 0 Å². The molecular formula is C15H20ClN. The zero-order valence-electron chi connectivity index (χ0n) is 10.4. The number of hydrogen-bond acceptors (Lipinski definition) is 1. The first-order chi connectivity index (χ1) is 8.29. The van der Waals surface area contributed by atoms with Crippen LogP contribution in [0.2, 0.25) is 5.02 Å². The number of unbranched alkanes of at least 4 members (excludes halogenated alkanes) is 1. The van der Waals surface area contributed by atoms with Gasteiger partial charge in [0.15, 0.2) is 0 Å². The van der Waals surface area contributed by atoms with Gasteiger partial charge in [-0.15, -0.1) is 12.3 Å². The minimum Gasteiger partial charge on any atom is -0.310 e. The second-order valence-corrected chi connectivity index (χ2v) is 4.53. The fourth-order valence-electron chi connectivity index (χ4n) is 1.85. The first-order valence-electron chi connectivity index (χ1n) is 6.20. The smallest absolute Gasteiger partial charge is 0.0453 e. The Labute approximate surface area is 110 Å². The molecule has 0 saturated carbocycles. The third kappa shape index (κ3) is 4.81. The van der Waals surface area contributed by atoms with Gasteiger partial charge in [0.2, 0.25) is 0 Å². The van der Waals surface area contributed by atoms with E-state index in [0.29, 0.717) is 6.04 Å². The second-order valence-electron chi connectivity index (χ2n) is 4.12. The topological polar surface area (TPSA) is 12.0 Å². The first-order valence-corrected chi connectivity index (χ1v) is 6.58. The highest BCUT2D eigenvalue weighted by Crippen LogP contribution is 2.26. The van der Waals surface area contributed by atoms with Crippen LogP contribution >= 0.6 is 11.6 Å². The molecule has 1 unspecified atom stereocenters. The second kappa shape index (κ2) is 8.17. The molecule has 1 atom stereocenters. The van der Waals surface area contributed by atoms with Crippen LogP contribution in [0.3, 0.4) is 0 Å². The number of halogens is 1. The molecule has 1 N–H and O–H groups in total. The van der Waals surface area contributed by atoms with Crippen molar-refractivity contribution in [3.63, 3.8) is 0 Å². The highest BCUT2D eigenvalue weighted by molar-refractivity contribution is 6.31. The van der Waals surface area contributed by atoms with Crippen molar-refractivity contribution in [2.45, 2.75) is 38.6 Å². The van der Waals surface area contributed by atoms with Crippen molar-refractivity contribution in [2.75, 3.05) is 6.54 Å². The molecule has 0 bridgehead atoms. The molecule has 0 aliphatic rings. The molecule has 2 heteroatoms. The predicted molar refractivity (Wildman–Crippen MR) is 75.2 cm³/mol. The van der Waals surface area contributed by atoms with Crippen LogP contribution in [0.5, 0.6) is 0 Å². The van der Waals surface area contributed by atoms with E-state index in [0.717, 1.165) is 37.3 Å². The van der Waals surface area contributed by atoms with Crippen LogP contribution in [0, 0.1) is 12.3 Å². The molecule has 0 amide bonds. The van der Waals surface area contributed by atoms with Crippen LogP contribution in [0.1, 0.15) is 44.2 Å². The van der Waals surface area contributed by atoms with Crippen molar-refractivity contribution in [2.24, 2.45) is 0 Å². The minimum atomic E-state index is 0.317. The van der Waals surface area contributed by atoms with Gasteiger partial charge in [-0.2, -0.15) is 0 Å². The first kappa shape index (κ1) is 14.1. The van der Waals surface area contributed by atoms with Gasteiger partial charge in [-0.1, -0.05) is 36.7 Å². The van der Waals surface area contributed by atoms with E-state index in [1.807, 2.05) is 18.2 Å². The Morgan fingerprint density at radius 2 is 2.18 bits per heavy atom. The van der Waals surface area contributed by atoms with E-state index in [9.17, 15) is 0 Å². The monoisotopic (exact) mass is 249 g/mol. The van der Waals surface area contributed by atoms with Crippen molar-refractivity contribution < 1.29 is 0 Å². The van der Waals surface area contributed by atoms with Crippen LogP contribution in [0.25, 0.3) is 0 Å². The molecule has 0 heterocycles. The highest BCUT2D eigenvalue weighted by Gasteiger charge is 2.12. The number of hydrogen-bond donors (Lipinski definition) is 1. The summed E-state index contributed by atoms with van der Waals surface area (Å²) in [5.74, 6) is 2.68. The summed E-state index contributed by atoms with van der Waals surface area (Å²) in [5.41, 5.74) is 1.18. The Morgan fingerprint density at radius 1 is 1.41 bits per heavy atom. The van der Waals surface area contributed by atoms with Crippen molar-refractivity contribution in [1.82, 2.24) is 5.32 Å². The largest absolute Gasteiger partial charge is 0.310 e. The third-order valence-electron chi connectivity index (χ3n) is 2.74. The zero-order chi connectivity index (χ0) is 12.5. The Balaban J connectivity index is 2.68.